The molecule has 4 nitrogen and oxygen atoms in total. The summed E-state index contributed by atoms with van der Waals surface area (Å²) in [6.45, 7) is 8.05. The summed E-state index contributed by atoms with van der Waals surface area (Å²) in [6, 6.07) is 8.83. The maximum absolute atomic E-state index is 5.98. The van der Waals surface area contributed by atoms with Gasteiger partial charge in [0.2, 0.25) is 0 Å². The molecule has 0 amide bonds. The van der Waals surface area contributed by atoms with Crippen molar-refractivity contribution in [3.05, 3.63) is 47.5 Å². The number of ether oxygens (including phenoxy) is 1. The highest BCUT2D eigenvalue weighted by Crippen LogP contribution is 2.38. The predicted molar refractivity (Wildman–Crippen MR) is 83.7 cm³/mol. The highest BCUT2D eigenvalue weighted by Gasteiger charge is 2.32. The van der Waals surface area contributed by atoms with Crippen molar-refractivity contribution in [2.45, 2.75) is 39.3 Å². The molecule has 0 bridgehead atoms. The van der Waals surface area contributed by atoms with Gasteiger partial charge in [-0.25, -0.2) is 4.98 Å². The summed E-state index contributed by atoms with van der Waals surface area (Å²) in [6.07, 6.45) is 3.06. The van der Waals surface area contributed by atoms with Gasteiger partial charge in [-0.2, -0.15) is 0 Å². The molecule has 1 N–H and O–H groups in total. The summed E-state index contributed by atoms with van der Waals surface area (Å²) in [7, 11) is 0. The van der Waals surface area contributed by atoms with Crippen LogP contribution in [0.2, 0.25) is 0 Å². The first-order valence-corrected chi connectivity index (χ1v) is 7.67. The Bertz CT molecular complexity index is 620. The van der Waals surface area contributed by atoms with Crippen LogP contribution < -0.4 is 10.1 Å². The normalized spacial score (nSPS) is 20.9. The van der Waals surface area contributed by atoms with E-state index in [0.29, 0.717) is 6.61 Å². The van der Waals surface area contributed by atoms with E-state index in [4.69, 9.17) is 4.74 Å². The van der Waals surface area contributed by atoms with E-state index in [9.17, 15) is 0 Å². The summed E-state index contributed by atoms with van der Waals surface area (Å²) < 4.78 is 8.22. The molecule has 1 aromatic heterocycles. The number of para-hydroxylation sites is 1. The van der Waals surface area contributed by atoms with Gasteiger partial charge in [0, 0.05) is 11.3 Å². The van der Waals surface area contributed by atoms with Gasteiger partial charge in [0.05, 0.1) is 24.1 Å². The number of aryl methyl sites for hydroxylation is 1. The first-order valence-electron chi connectivity index (χ1n) is 7.67. The minimum atomic E-state index is 0.243. The molecule has 0 aliphatic carbocycles. The molecule has 2 atom stereocenters. The lowest BCUT2D eigenvalue weighted by atomic mass is 9.95. The van der Waals surface area contributed by atoms with E-state index < -0.39 is 0 Å². The minimum Gasteiger partial charge on any atom is -0.491 e. The third kappa shape index (κ3) is 2.56. The van der Waals surface area contributed by atoms with Crippen LogP contribution >= 0.6 is 0 Å². The second kappa shape index (κ2) is 5.90. The zero-order chi connectivity index (χ0) is 14.8. The number of benzene rings is 1. The number of fused-ring (bicyclic) bond motifs is 1. The second-order valence-corrected chi connectivity index (χ2v) is 5.67. The zero-order valence-electron chi connectivity index (χ0n) is 13.0. The average Bonchev–Trinajstić information content (AvgIpc) is 2.84. The van der Waals surface area contributed by atoms with Gasteiger partial charge in [0.25, 0.3) is 0 Å². The molecule has 1 aliphatic rings. The van der Waals surface area contributed by atoms with Crippen LogP contribution in [0.25, 0.3) is 0 Å². The first kappa shape index (κ1) is 14.1. The number of rotatable bonds is 4. The number of hydrogen-bond acceptors (Lipinski definition) is 3. The van der Waals surface area contributed by atoms with Crippen LogP contribution in [0, 0.1) is 13.8 Å². The van der Waals surface area contributed by atoms with E-state index in [-0.39, 0.29) is 12.1 Å². The molecule has 2 aromatic rings. The van der Waals surface area contributed by atoms with Crippen LogP contribution in [0.4, 0.5) is 0 Å². The van der Waals surface area contributed by atoms with E-state index >= 15 is 0 Å². The summed E-state index contributed by atoms with van der Waals surface area (Å²) >= 11 is 0. The summed E-state index contributed by atoms with van der Waals surface area (Å²) in [5.74, 6) is 0.997. The van der Waals surface area contributed by atoms with E-state index in [1.165, 1.54) is 11.3 Å². The monoisotopic (exact) mass is 285 g/mol. The molecule has 2 heterocycles. The molecule has 3 rings (SSSR count). The van der Waals surface area contributed by atoms with Crippen molar-refractivity contribution in [1.29, 1.82) is 0 Å². The van der Waals surface area contributed by atoms with Crippen molar-refractivity contribution in [2.75, 3.05) is 13.2 Å². The van der Waals surface area contributed by atoms with E-state index in [0.717, 1.165) is 24.4 Å². The van der Waals surface area contributed by atoms with Crippen LogP contribution in [-0.4, -0.2) is 22.7 Å². The molecule has 0 saturated carbocycles. The maximum atomic E-state index is 5.98. The number of hydrogen-bond donors (Lipinski definition) is 1. The first-order chi connectivity index (χ1) is 10.2. The summed E-state index contributed by atoms with van der Waals surface area (Å²) in [5.41, 5.74) is 3.54. The van der Waals surface area contributed by atoms with Crippen molar-refractivity contribution in [3.63, 3.8) is 0 Å². The molecule has 0 spiro atoms. The fourth-order valence-corrected chi connectivity index (χ4v) is 2.98. The Morgan fingerprint density at radius 2 is 2.14 bits per heavy atom. The van der Waals surface area contributed by atoms with Gasteiger partial charge in [0.1, 0.15) is 12.4 Å². The molecular weight excluding hydrogens is 262 g/mol. The molecule has 1 aliphatic heterocycles. The maximum Gasteiger partial charge on any atom is 0.124 e. The van der Waals surface area contributed by atoms with Crippen molar-refractivity contribution in [3.8, 4) is 5.75 Å². The molecule has 0 radical (unpaired) electrons. The third-order valence-corrected chi connectivity index (χ3v) is 4.31. The number of nitrogens with one attached hydrogen (secondary N) is 1. The van der Waals surface area contributed by atoms with Gasteiger partial charge in [-0.3, -0.25) is 0 Å². The Morgan fingerprint density at radius 1 is 1.33 bits per heavy atom. The summed E-state index contributed by atoms with van der Waals surface area (Å²) in [4.78, 5) is 4.44. The van der Waals surface area contributed by atoms with Crippen LogP contribution in [0.5, 0.6) is 5.75 Å². The Hall–Kier alpha value is -1.81. The minimum absolute atomic E-state index is 0.243. The van der Waals surface area contributed by atoms with E-state index in [1.54, 1.807) is 0 Å². The Balaban J connectivity index is 1.98. The zero-order valence-corrected chi connectivity index (χ0v) is 13.0. The second-order valence-electron chi connectivity index (χ2n) is 5.67. The molecule has 21 heavy (non-hydrogen) atoms. The fraction of sp³-hybridized carbons (Fsp3) is 0.471. The summed E-state index contributed by atoms with van der Waals surface area (Å²) in [5, 5.41) is 3.68. The Morgan fingerprint density at radius 3 is 2.86 bits per heavy atom. The molecule has 1 aromatic carbocycles. The largest absolute Gasteiger partial charge is 0.491 e. The van der Waals surface area contributed by atoms with Crippen molar-refractivity contribution in [1.82, 2.24) is 14.9 Å². The number of aromatic nitrogens is 2. The van der Waals surface area contributed by atoms with Gasteiger partial charge in [0.15, 0.2) is 0 Å². The SMILES string of the molecule is CCCNC1c2ccccc2OCC1n1cnc(C)c1C. The third-order valence-electron chi connectivity index (χ3n) is 4.31. The molecule has 0 fully saturated rings. The molecule has 112 valence electrons. The lowest BCUT2D eigenvalue weighted by Gasteiger charge is -2.35. The Kier molecular flexibility index (Phi) is 3.97. The lowest BCUT2D eigenvalue weighted by Crippen LogP contribution is -2.37. The average molecular weight is 285 g/mol. The smallest absolute Gasteiger partial charge is 0.124 e. The molecule has 0 saturated heterocycles. The fourth-order valence-electron chi connectivity index (χ4n) is 2.98. The van der Waals surface area contributed by atoms with Crippen molar-refractivity contribution >= 4 is 0 Å². The van der Waals surface area contributed by atoms with Crippen molar-refractivity contribution < 1.29 is 4.74 Å². The van der Waals surface area contributed by atoms with E-state index in [1.807, 2.05) is 12.4 Å². The lowest BCUT2D eigenvalue weighted by molar-refractivity contribution is 0.178. The van der Waals surface area contributed by atoms with Gasteiger partial charge >= 0.3 is 0 Å². The van der Waals surface area contributed by atoms with Crippen LogP contribution in [0.1, 0.15) is 42.4 Å². The molecule has 2 unspecified atom stereocenters. The number of nitrogens with zero attached hydrogens (tertiary/aromatic N) is 2. The van der Waals surface area contributed by atoms with Gasteiger partial charge in [-0.05, 0) is 32.9 Å². The Labute approximate surface area is 126 Å². The number of imidazole rings is 1. The topological polar surface area (TPSA) is 39.1 Å². The molecule has 4 heteroatoms. The van der Waals surface area contributed by atoms with Gasteiger partial charge < -0.3 is 14.6 Å². The van der Waals surface area contributed by atoms with Crippen LogP contribution in [0.15, 0.2) is 30.6 Å². The standard InChI is InChI=1S/C17H23N3O/c1-4-9-18-17-14-7-5-6-8-16(14)21-10-15(17)20-11-19-12(2)13(20)3/h5-8,11,15,17-18H,4,9-10H2,1-3H3. The highest BCUT2D eigenvalue weighted by molar-refractivity contribution is 5.38. The van der Waals surface area contributed by atoms with Gasteiger partial charge in [-0.15, -0.1) is 0 Å². The van der Waals surface area contributed by atoms with Gasteiger partial charge in [-0.1, -0.05) is 25.1 Å². The highest BCUT2D eigenvalue weighted by atomic mass is 16.5. The van der Waals surface area contributed by atoms with Crippen molar-refractivity contribution in [2.24, 2.45) is 0 Å². The van der Waals surface area contributed by atoms with Crippen LogP contribution in [-0.2, 0) is 0 Å². The van der Waals surface area contributed by atoms with E-state index in [2.05, 4.69) is 53.8 Å². The van der Waals surface area contributed by atoms with Crippen LogP contribution in [0.3, 0.4) is 0 Å². The predicted octanol–water partition coefficient (Wildman–Crippen LogP) is 3.17. The quantitative estimate of drug-likeness (QED) is 0.938. The molecular formula is C17H23N3O.